The highest BCUT2D eigenvalue weighted by Crippen LogP contribution is 2.14. The molecule has 0 aromatic carbocycles. The lowest BCUT2D eigenvalue weighted by atomic mass is 9.94. The van der Waals surface area contributed by atoms with Gasteiger partial charge in [0.25, 0.3) is 0 Å². The Morgan fingerprint density at radius 3 is 2.93 bits per heavy atom. The maximum atomic E-state index is 11.0. The molecular formula is C9H18N2O3. The van der Waals surface area contributed by atoms with Crippen molar-refractivity contribution in [2.75, 3.05) is 19.6 Å². The van der Waals surface area contributed by atoms with Crippen LogP contribution in [0.3, 0.4) is 0 Å². The number of rotatable bonds is 3. The second-order valence-corrected chi connectivity index (χ2v) is 3.90. The van der Waals surface area contributed by atoms with Crippen molar-refractivity contribution in [2.45, 2.75) is 31.5 Å². The number of carbonyl (C=O) groups excluding carboxylic acids is 1. The van der Waals surface area contributed by atoms with E-state index in [0.717, 1.165) is 13.0 Å². The van der Waals surface area contributed by atoms with Gasteiger partial charge in [-0.3, -0.25) is 4.79 Å². The van der Waals surface area contributed by atoms with Gasteiger partial charge in [-0.05, 0) is 26.3 Å². The van der Waals surface area contributed by atoms with Gasteiger partial charge in [-0.1, -0.05) is 0 Å². The average Bonchev–Trinajstić information content (AvgIpc) is 2.15. The molecule has 0 bridgehead atoms. The molecule has 1 saturated heterocycles. The van der Waals surface area contributed by atoms with E-state index in [9.17, 15) is 9.90 Å². The minimum atomic E-state index is -1.02. The molecule has 82 valence electrons. The average molecular weight is 202 g/mol. The van der Waals surface area contributed by atoms with Gasteiger partial charge in [-0.15, -0.1) is 0 Å². The molecule has 0 spiro atoms. The van der Waals surface area contributed by atoms with E-state index in [1.54, 1.807) is 0 Å². The molecule has 2 atom stereocenters. The second-order valence-electron chi connectivity index (χ2n) is 3.90. The normalized spacial score (nSPS) is 29.6. The first-order valence-electron chi connectivity index (χ1n) is 4.92. The molecule has 1 rings (SSSR count). The summed E-state index contributed by atoms with van der Waals surface area (Å²) in [6.45, 7) is 3.00. The number of carbonyl (C=O) groups is 1. The molecule has 4 N–H and O–H groups in total. The topological polar surface area (TPSA) is 81.6 Å². The molecular weight excluding hydrogens is 184 g/mol. The maximum Gasteiger partial charge on any atom is 0.248 e. The van der Waals surface area contributed by atoms with Gasteiger partial charge in [0.05, 0.1) is 5.60 Å². The van der Waals surface area contributed by atoms with Gasteiger partial charge >= 0.3 is 0 Å². The Balaban J connectivity index is 2.32. The third kappa shape index (κ3) is 3.25. The van der Waals surface area contributed by atoms with E-state index in [0.29, 0.717) is 13.0 Å². The minimum Gasteiger partial charge on any atom is -0.387 e. The highest BCUT2D eigenvalue weighted by Gasteiger charge is 2.29. The summed E-state index contributed by atoms with van der Waals surface area (Å²) in [5.74, 6) is -0.441. The molecule has 5 heteroatoms. The first kappa shape index (κ1) is 11.4. The van der Waals surface area contributed by atoms with Crippen LogP contribution in [-0.2, 0) is 4.79 Å². The lowest BCUT2D eigenvalue weighted by Crippen LogP contribution is -2.53. The van der Waals surface area contributed by atoms with Crippen LogP contribution in [0.25, 0.3) is 0 Å². The molecule has 1 amide bonds. The SMILES string of the molecule is C[C@H](O)C(=O)NCC1(O)CCCNC1. The van der Waals surface area contributed by atoms with E-state index in [1.165, 1.54) is 6.92 Å². The Morgan fingerprint density at radius 2 is 2.43 bits per heavy atom. The van der Waals surface area contributed by atoms with Crippen LogP contribution in [-0.4, -0.2) is 47.5 Å². The van der Waals surface area contributed by atoms with Crippen LogP contribution in [0.5, 0.6) is 0 Å². The number of β-amino-alcohol motifs (C(OH)–C–C–N with tert-alkyl or cyclic N) is 1. The molecule has 0 saturated carbocycles. The monoisotopic (exact) mass is 202 g/mol. The number of aliphatic hydroxyl groups is 2. The summed E-state index contributed by atoms with van der Waals surface area (Å²) in [6, 6.07) is 0. The van der Waals surface area contributed by atoms with Crippen LogP contribution >= 0.6 is 0 Å². The van der Waals surface area contributed by atoms with Crippen molar-refractivity contribution in [3.05, 3.63) is 0 Å². The van der Waals surface area contributed by atoms with Crippen molar-refractivity contribution in [2.24, 2.45) is 0 Å². The largest absolute Gasteiger partial charge is 0.387 e. The number of aliphatic hydroxyl groups excluding tert-OH is 1. The molecule has 5 nitrogen and oxygen atoms in total. The summed E-state index contributed by atoms with van der Waals surface area (Å²) in [7, 11) is 0. The van der Waals surface area contributed by atoms with Gasteiger partial charge in [0.2, 0.25) is 5.91 Å². The van der Waals surface area contributed by atoms with Crippen LogP contribution in [0.2, 0.25) is 0 Å². The quantitative estimate of drug-likeness (QED) is 0.453. The lowest BCUT2D eigenvalue weighted by molar-refractivity contribution is -0.129. The zero-order chi connectivity index (χ0) is 10.6. The first-order valence-corrected chi connectivity index (χ1v) is 4.92. The molecule has 0 aliphatic carbocycles. The molecule has 1 heterocycles. The smallest absolute Gasteiger partial charge is 0.248 e. The minimum absolute atomic E-state index is 0.198. The van der Waals surface area contributed by atoms with E-state index in [2.05, 4.69) is 10.6 Å². The fourth-order valence-corrected chi connectivity index (χ4v) is 1.50. The number of amides is 1. The zero-order valence-corrected chi connectivity index (χ0v) is 8.42. The second kappa shape index (κ2) is 4.72. The highest BCUT2D eigenvalue weighted by atomic mass is 16.3. The van der Waals surface area contributed by atoms with Gasteiger partial charge in [0, 0.05) is 13.1 Å². The third-order valence-electron chi connectivity index (χ3n) is 2.42. The van der Waals surface area contributed by atoms with E-state index in [-0.39, 0.29) is 6.54 Å². The molecule has 1 unspecified atom stereocenters. The maximum absolute atomic E-state index is 11.0. The summed E-state index contributed by atoms with van der Waals surface area (Å²) in [5.41, 5.74) is -0.858. The summed E-state index contributed by atoms with van der Waals surface area (Å²) in [4.78, 5) is 11.0. The molecule has 1 fully saturated rings. The predicted octanol–water partition coefficient (Wildman–Crippen LogP) is -1.40. The van der Waals surface area contributed by atoms with Crippen LogP contribution in [0, 0.1) is 0 Å². The summed E-state index contributed by atoms with van der Waals surface area (Å²) >= 11 is 0. The van der Waals surface area contributed by atoms with Gasteiger partial charge in [-0.25, -0.2) is 0 Å². The first-order chi connectivity index (χ1) is 6.53. The molecule has 1 aliphatic heterocycles. The molecule has 0 aromatic heterocycles. The molecule has 14 heavy (non-hydrogen) atoms. The number of piperidine rings is 1. The highest BCUT2D eigenvalue weighted by molar-refractivity contribution is 5.80. The van der Waals surface area contributed by atoms with Crippen LogP contribution in [0.15, 0.2) is 0 Å². The van der Waals surface area contributed by atoms with Crippen molar-refractivity contribution in [3.8, 4) is 0 Å². The summed E-state index contributed by atoms with van der Waals surface area (Å²) < 4.78 is 0. The number of nitrogens with one attached hydrogen (secondary N) is 2. The van der Waals surface area contributed by atoms with Crippen molar-refractivity contribution in [1.82, 2.24) is 10.6 Å². The Morgan fingerprint density at radius 1 is 1.71 bits per heavy atom. The Kier molecular flexibility index (Phi) is 3.86. The Hall–Kier alpha value is -0.650. The van der Waals surface area contributed by atoms with Crippen molar-refractivity contribution in [1.29, 1.82) is 0 Å². The molecule has 0 aromatic rings. The van der Waals surface area contributed by atoms with E-state index >= 15 is 0 Å². The predicted molar refractivity (Wildman–Crippen MR) is 51.7 cm³/mol. The van der Waals surface area contributed by atoms with Crippen molar-refractivity contribution in [3.63, 3.8) is 0 Å². The Labute approximate surface area is 83.5 Å². The fraction of sp³-hybridized carbons (Fsp3) is 0.889. The summed E-state index contributed by atoms with van der Waals surface area (Å²) in [6.07, 6.45) is 0.566. The Bertz CT molecular complexity index is 200. The van der Waals surface area contributed by atoms with E-state index < -0.39 is 17.6 Å². The van der Waals surface area contributed by atoms with Crippen molar-refractivity contribution >= 4 is 5.91 Å². The lowest BCUT2D eigenvalue weighted by Gasteiger charge is -2.32. The fourth-order valence-electron chi connectivity index (χ4n) is 1.50. The summed E-state index contributed by atoms with van der Waals surface area (Å²) in [5, 5.41) is 24.4. The van der Waals surface area contributed by atoms with Gasteiger partial charge in [0.1, 0.15) is 6.10 Å². The van der Waals surface area contributed by atoms with E-state index in [4.69, 9.17) is 5.11 Å². The number of hydrogen-bond acceptors (Lipinski definition) is 4. The number of hydrogen-bond donors (Lipinski definition) is 4. The van der Waals surface area contributed by atoms with Gasteiger partial charge in [0.15, 0.2) is 0 Å². The van der Waals surface area contributed by atoms with Crippen LogP contribution < -0.4 is 10.6 Å². The standard InChI is InChI=1S/C9H18N2O3/c1-7(12)8(13)11-6-9(14)3-2-4-10-5-9/h7,10,12,14H,2-6H2,1H3,(H,11,13)/t7-,9?/m0/s1. The van der Waals surface area contributed by atoms with E-state index in [1.807, 2.05) is 0 Å². The van der Waals surface area contributed by atoms with Crippen LogP contribution in [0.4, 0.5) is 0 Å². The van der Waals surface area contributed by atoms with Gasteiger partial charge in [-0.2, -0.15) is 0 Å². The van der Waals surface area contributed by atoms with Gasteiger partial charge < -0.3 is 20.8 Å². The zero-order valence-electron chi connectivity index (χ0n) is 8.42. The molecule has 1 aliphatic rings. The third-order valence-corrected chi connectivity index (χ3v) is 2.42. The molecule has 0 radical (unpaired) electrons. The van der Waals surface area contributed by atoms with Crippen molar-refractivity contribution < 1.29 is 15.0 Å². The van der Waals surface area contributed by atoms with Crippen LogP contribution in [0.1, 0.15) is 19.8 Å².